The van der Waals surface area contributed by atoms with Gasteiger partial charge in [-0.05, 0) is 35.4 Å². The maximum absolute atomic E-state index is 12.3. The van der Waals surface area contributed by atoms with Crippen LogP contribution in [-0.4, -0.2) is 10.4 Å². The maximum atomic E-state index is 12.3. The Morgan fingerprint density at radius 3 is 2.81 bits per heavy atom. The fourth-order valence-electron chi connectivity index (χ4n) is 3.94. The number of aromatic nitrogens is 1. The van der Waals surface area contributed by atoms with Crippen LogP contribution in [0.1, 0.15) is 53.4 Å². The van der Waals surface area contributed by atoms with Gasteiger partial charge in [-0.3, -0.25) is 4.79 Å². The van der Waals surface area contributed by atoms with Crippen LogP contribution in [0.25, 0.3) is 0 Å². The summed E-state index contributed by atoms with van der Waals surface area (Å²) in [6.45, 7) is 5.41. The number of carbonyl (C=O) groups is 1. The summed E-state index contributed by atoms with van der Waals surface area (Å²) >= 11 is 0. The van der Waals surface area contributed by atoms with Crippen molar-refractivity contribution in [1.82, 2.24) is 4.57 Å². The van der Waals surface area contributed by atoms with Crippen LogP contribution < -0.4 is 0 Å². The van der Waals surface area contributed by atoms with Crippen molar-refractivity contribution in [2.24, 2.45) is 5.41 Å². The molecule has 108 valence electrons. The topological polar surface area (TPSA) is 22.0 Å². The van der Waals surface area contributed by atoms with E-state index in [0.29, 0.717) is 18.1 Å². The van der Waals surface area contributed by atoms with E-state index in [9.17, 15) is 4.79 Å². The van der Waals surface area contributed by atoms with Crippen molar-refractivity contribution in [1.29, 1.82) is 0 Å². The van der Waals surface area contributed by atoms with Crippen LogP contribution in [0.3, 0.4) is 0 Å². The van der Waals surface area contributed by atoms with E-state index in [-0.39, 0.29) is 5.41 Å². The molecule has 1 aromatic carbocycles. The van der Waals surface area contributed by atoms with Crippen LogP contribution in [0.2, 0.25) is 0 Å². The third-order valence-electron chi connectivity index (χ3n) is 5.04. The van der Waals surface area contributed by atoms with E-state index in [4.69, 9.17) is 0 Å². The molecule has 0 fully saturated rings. The third-order valence-corrected chi connectivity index (χ3v) is 5.04. The van der Waals surface area contributed by atoms with Gasteiger partial charge in [-0.1, -0.05) is 38.1 Å². The largest absolute Gasteiger partial charge is 0.350 e. The predicted octanol–water partition coefficient (Wildman–Crippen LogP) is 3.98. The minimum Gasteiger partial charge on any atom is -0.350 e. The highest BCUT2D eigenvalue weighted by atomic mass is 16.1. The first-order valence-corrected chi connectivity index (χ1v) is 7.82. The quantitative estimate of drug-likeness (QED) is 0.815. The van der Waals surface area contributed by atoms with E-state index >= 15 is 0 Å². The third kappa shape index (κ3) is 2.05. The lowest BCUT2D eigenvalue weighted by molar-refractivity contribution is 0.0909. The highest BCUT2D eigenvalue weighted by molar-refractivity contribution is 5.98. The van der Waals surface area contributed by atoms with E-state index < -0.39 is 0 Å². The number of fused-ring (bicyclic) bond motifs is 2. The van der Waals surface area contributed by atoms with Gasteiger partial charge in [0.1, 0.15) is 0 Å². The fraction of sp³-hybridized carbons (Fsp3) is 0.421. The summed E-state index contributed by atoms with van der Waals surface area (Å²) in [5, 5.41) is 0. The molecule has 2 aliphatic rings. The number of nitrogens with zero attached hydrogens (tertiary/aromatic N) is 1. The minimum atomic E-state index is 0.0949. The zero-order valence-corrected chi connectivity index (χ0v) is 12.7. The number of rotatable bonds is 2. The lowest BCUT2D eigenvalue weighted by atomic mass is 9.75. The van der Waals surface area contributed by atoms with Crippen LogP contribution >= 0.6 is 0 Å². The second kappa shape index (κ2) is 4.33. The van der Waals surface area contributed by atoms with Gasteiger partial charge in [-0.2, -0.15) is 0 Å². The molecular formula is C19H21NO. The molecule has 2 nitrogen and oxygen atoms in total. The molecule has 0 spiro atoms. The molecule has 0 aliphatic heterocycles. The summed E-state index contributed by atoms with van der Waals surface area (Å²) in [5.41, 5.74) is 5.28. The number of hydrogen-bond acceptors (Lipinski definition) is 1. The molecular weight excluding hydrogens is 258 g/mol. The minimum absolute atomic E-state index is 0.0949. The molecule has 1 unspecified atom stereocenters. The van der Waals surface area contributed by atoms with Crippen molar-refractivity contribution < 1.29 is 4.79 Å². The van der Waals surface area contributed by atoms with Crippen LogP contribution in [0.15, 0.2) is 36.5 Å². The molecule has 4 rings (SSSR count). The summed E-state index contributed by atoms with van der Waals surface area (Å²) in [6.07, 6.45) is 4.97. The van der Waals surface area contributed by atoms with Gasteiger partial charge in [0.2, 0.25) is 0 Å². The van der Waals surface area contributed by atoms with Gasteiger partial charge in [0.25, 0.3) is 0 Å². The summed E-state index contributed by atoms with van der Waals surface area (Å²) < 4.78 is 2.33. The monoisotopic (exact) mass is 279 g/mol. The SMILES string of the molecule is CC1(C)CC(=O)c2ccn(CC3Cc4ccccc43)c2C1. The van der Waals surface area contributed by atoms with E-state index in [1.54, 1.807) is 0 Å². The molecule has 0 saturated heterocycles. The molecule has 2 aromatic rings. The number of ketones is 1. The summed E-state index contributed by atoms with van der Waals surface area (Å²) in [6, 6.07) is 10.7. The Bertz CT molecular complexity index is 723. The molecule has 2 heteroatoms. The lowest BCUT2D eigenvalue weighted by Gasteiger charge is -2.33. The first-order valence-electron chi connectivity index (χ1n) is 7.82. The second-order valence-corrected chi connectivity index (χ2v) is 7.37. The normalized spacial score (nSPS) is 22.4. The zero-order chi connectivity index (χ0) is 14.6. The Balaban J connectivity index is 1.63. The van der Waals surface area contributed by atoms with Gasteiger partial charge in [-0.25, -0.2) is 0 Å². The average Bonchev–Trinajstić information content (AvgIpc) is 2.78. The van der Waals surface area contributed by atoms with Crippen LogP contribution in [-0.2, 0) is 19.4 Å². The van der Waals surface area contributed by atoms with Crippen molar-refractivity contribution >= 4 is 5.78 Å². The standard InChI is InChI=1S/C19H21NO/c1-19(2)10-17-16(18(21)11-19)7-8-20(17)12-14-9-13-5-3-4-6-15(13)14/h3-8,14H,9-12H2,1-2H3. The van der Waals surface area contributed by atoms with E-state index in [1.165, 1.54) is 23.2 Å². The molecule has 0 N–H and O–H groups in total. The Morgan fingerprint density at radius 2 is 2.00 bits per heavy atom. The van der Waals surface area contributed by atoms with Crippen LogP contribution in [0, 0.1) is 5.41 Å². The summed E-state index contributed by atoms with van der Waals surface area (Å²) in [4.78, 5) is 12.3. The first kappa shape index (κ1) is 12.9. The average molecular weight is 279 g/mol. The van der Waals surface area contributed by atoms with E-state index in [2.05, 4.69) is 48.9 Å². The van der Waals surface area contributed by atoms with Gasteiger partial charge < -0.3 is 4.57 Å². The van der Waals surface area contributed by atoms with Crippen molar-refractivity contribution in [2.75, 3.05) is 0 Å². The Hall–Kier alpha value is -1.83. The van der Waals surface area contributed by atoms with Gasteiger partial charge in [0.15, 0.2) is 5.78 Å². The molecule has 1 heterocycles. The van der Waals surface area contributed by atoms with Gasteiger partial charge in [-0.15, -0.1) is 0 Å². The molecule has 2 aliphatic carbocycles. The highest BCUT2D eigenvalue weighted by Gasteiger charge is 2.34. The molecule has 21 heavy (non-hydrogen) atoms. The molecule has 1 atom stereocenters. The Kier molecular flexibility index (Phi) is 2.66. The number of hydrogen-bond donors (Lipinski definition) is 0. The number of benzene rings is 1. The molecule has 0 amide bonds. The van der Waals surface area contributed by atoms with E-state index in [0.717, 1.165) is 18.5 Å². The van der Waals surface area contributed by atoms with E-state index in [1.807, 2.05) is 6.07 Å². The van der Waals surface area contributed by atoms with Crippen LogP contribution in [0.5, 0.6) is 0 Å². The van der Waals surface area contributed by atoms with Crippen molar-refractivity contribution in [3.05, 3.63) is 58.9 Å². The van der Waals surface area contributed by atoms with Crippen molar-refractivity contribution in [3.63, 3.8) is 0 Å². The molecule has 0 radical (unpaired) electrons. The van der Waals surface area contributed by atoms with Gasteiger partial charge in [0.05, 0.1) is 0 Å². The van der Waals surface area contributed by atoms with Gasteiger partial charge >= 0.3 is 0 Å². The highest BCUT2D eigenvalue weighted by Crippen LogP contribution is 2.39. The Morgan fingerprint density at radius 1 is 1.19 bits per heavy atom. The predicted molar refractivity (Wildman–Crippen MR) is 83.8 cm³/mol. The smallest absolute Gasteiger partial charge is 0.165 e. The van der Waals surface area contributed by atoms with Crippen molar-refractivity contribution in [3.8, 4) is 0 Å². The number of carbonyl (C=O) groups excluding carboxylic acids is 1. The molecule has 1 aromatic heterocycles. The summed E-state index contributed by atoms with van der Waals surface area (Å²) in [7, 11) is 0. The Labute approximate surface area is 125 Å². The van der Waals surface area contributed by atoms with Crippen molar-refractivity contribution in [2.45, 2.75) is 45.6 Å². The first-order chi connectivity index (χ1) is 10.0. The number of Topliss-reactive ketones (excluding diaryl/α,β-unsaturated/α-hetero) is 1. The second-order valence-electron chi connectivity index (χ2n) is 7.37. The van der Waals surface area contributed by atoms with Crippen LogP contribution in [0.4, 0.5) is 0 Å². The molecule has 0 bridgehead atoms. The summed E-state index contributed by atoms with van der Waals surface area (Å²) in [5.74, 6) is 0.923. The maximum Gasteiger partial charge on any atom is 0.165 e. The lowest BCUT2D eigenvalue weighted by Crippen LogP contribution is -2.29. The molecule has 0 saturated carbocycles. The van der Waals surface area contributed by atoms with Gasteiger partial charge in [0, 0.05) is 36.3 Å². The zero-order valence-electron chi connectivity index (χ0n) is 12.7. The fourth-order valence-corrected chi connectivity index (χ4v) is 3.94.